The summed E-state index contributed by atoms with van der Waals surface area (Å²) >= 11 is 0. The molecule has 0 aliphatic heterocycles. The van der Waals surface area contributed by atoms with Gasteiger partial charge in [-0.3, -0.25) is 0 Å². The Balaban J connectivity index is 2.70. The fourth-order valence-electron chi connectivity index (χ4n) is 1.09. The summed E-state index contributed by atoms with van der Waals surface area (Å²) in [4.78, 5) is 0. The largest absolute Gasteiger partial charge is 0.491 e. The maximum atomic E-state index is 11.0. The first-order chi connectivity index (χ1) is 6.09. The lowest BCUT2D eigenvalue weighted by atomic mass is 10.1. The van der Waals surface area contributed by atoms with Gasteiger partial charge in [0, 0.05) is 0 Å². The molecule has 1 rings (SSSR count). The minimum Gasteiger partial charge on any atom is -0.491 e. The van der Waals surface area contributed by atoms with Crippen LogP contribution in [0, 0.1) is 0 Å². The molecule has 71 valence electrons. The molecule has 0 saturated carbocycles. The summed E-state index contributed by atoms with van der Waals surface area (Å²) < 4.78 is 5.45. The van der Waals surface area contributed by atoms with Crippen LogP contribution in [-0.4, -0.2) is 6.10 Å². The van der Waals surface area contributed by atoms with Crippen molar-refractivity contribution in [1.29, 1.82) is 0 Å². The average molecular weight is 179 g/mol. The lowest BCUT2D eigenvalue weighted by Gasteiger charge is -2.10. The van der Waals surface area contributed by atoms with Crippen LogP contribution < -0.4 is 4.74 Å². The molecule has 0 fully saturated rings. The van der Waals surface area contributed by atoms with E-state index in [1.165, 1.54) is 0 Å². The maximum Gasteiger partial charge on any atom is 0.119 e. The van der Waals surface area contributed by atoms with Crippen molar-refractivity contribution in [3.05, 3.63) is 29.8 Å². The Bertz CT molecular complexity index is 249. The van der Waals surface area contributed by atoms with Crippen molar-refractivity contribution in [3.63, 3.8) is 0 Å². The van der Waals surface area contributed by atoms with Crippen molar-refractivity contribution in [2.24, 2.45) is 0 Å². The van der Waals surface area contributed by atoms with Gasteiger partial charge in [-0.15, -0.1) is 0 Å². The van der Waals surface area contributed by atoms with Gasteiger partial charge in [0.15, 0.2) is 0 Å². The Morgan fingerprint density at radius 1 is 1.08 bits per heavy atom. The first-order valence-corrected chi connectivity index (χ1v) is 4.52. The average Bonchev–Trinajstić information content (AvgIpc) is 2.04. The third-order valence-electron chi connectivity index (χ3n) is 1.72. The van der Waals surface area contributed by atoms with Gasteiger partial charge < -0.3 is 4.74 Å². The van der Waals surface area contributed by atoms with E-state index in [0.717, 1.165) is 11.3 Å². The number of ether oxygens (including phenoxy) is 1. The van der Waals surface area contributed by atoms with Crippen molar-refractivity contribution in [3.8, 4) is 5.75 Å². The van der Waals surface area contributed by atoms with Crippen LogP contribution in [0.3, 0.4) is 0 Å². The third-order valence-corrected chi connectivity index (χ3v) is 1.72. The summed E-state index contributed by atoms with van der Waals surface area (Å²) in [5, 5.41) is 11.0. The van der Waals surface area contributed by atoms with E-state index < -0.39 is 6.10 Å². The standard InChI is InChI=1S/C11H15O2/c1-8(2)13-11-6-4-10(5-7-11)9(3)12/h4-9H,1-3H3. The molecule has 1 aromatic carbocycles. The quantitative estimate of drug-likeness (QED) is 0.701. The van der Waals surface area contributed by atoms with Crippen LogP contribution in [0.4, 0.5) is 0 Å². The molecule has 0 aliphatic carbocycles. The zero-order valence-corrected chi connectivity index (χ0v) is 8.28. The van der Waals surface area contributed by atoms with Gasteiger partial charge in [-0.2, -0.15) is 0 Å². The maximum absolute atomic E-state index is 11.0. The number of benzene rings is 1. The molecule has 13 heavy (non-hydrogen) atoms. The van der Waals surface area contributed by atoms with Gasteiger partial charge in [0.25, 0.3) is 0 Å². The van der Waals surface area contributed by atoms with Gasteiger partial charge in [-0.25, -0.2) is 5.11 Å². The first-order valence-electron chi connectivity index (χ1n) is 4.52. The molecule has 1 aromatic rings. The lowest BCUT2D eigenvalue weighted by molar-refractivity contribution is 0.106. The highest BCUT2D eigenvalue weighted by molar-refractivity contribution is 5.28. The molecular formula is C11H15O2. The van der Waals surface area contributed by atoms with Gasteiger partial charge in [0.05, 0.1) is 6.10 Å². The summed E-state index contributed by atoms with van der Waals surface area (Å²) in [5.74, 6) is 0.819. The van der Waals surface area contributed by atoms with Crippen LogP contribution in [0.2, 0.25) is 0 Å². The molecule has 0 heterocycles. The molecule has 0 bridgehead atoms. The van der Waals surface area contributed by atoms with Crippen LogP contribution in [0.25, 0.3) is 0 Å². The highest BCUT2D eigenvalue weighted by Gasteiger charge is 2.02. The second-order valence-corrected chi connectivity index (χ2v) is 3.38. The predicted octanol–water partition coefficient (Wildman–Crippen LogP) is 2.97. The highest BCUT2D eigenvalue weighted by Crippen LogP contribution is 2.18. The summed E-state index contributed by atoms with van der Waals surface area (Å²) in [5.41, 5.74) is 0.802. The van der Waals surface area contributed by atoms with Crippen molar-refractivity contribution < 1.29 is 9.84 Å². The Kier molecular flexibility index (Phi) is 3.32. The number of rotatable bonds is 3. The molecule has 0 spiro atoms. The van der Waals surface area contributed by atoms with E-state index in [0.29, 0.717) is 0 Å². The van der Waals surface area contributed by atoms with Crippen LogP contribution in [0.15, 0.2) is 24.3 Å². The molecule has 0 amide bonds. The normalized spacial score (nSPS) is 13.0. The summed E-state index contributed by atoms with van der Waals surface area (Å²) in [6.07, 6.45) is -0.483. The summed E-state index contributed by atoms with van der Waals surface area (Å²) in [6.45, 7) is 5.59. The third kappa shape index (κ3) is 3.07. The molecule has 0 aromatic heterocycles. The van der Waals surface area contributed by atoms with E-state index in [9.17, 15) is 5.11 Å². The minimum absolute atomic E-state index is 0.176. The molecular weight excluding hydrogens is 164 g/mol. The lowest BCUT2D eigenvalue weighted by Crippen LogP contribution is -2.05. The SMILES string of the molecule is CC(C)Oc1ccc(C(C)[O])cc1. The van der Waals surface area contributed by atoms with Gasteiger partial charge in [-0.1, -0.05) is 12.1 Å². The van der Waals surface area contributed by atoms with Gasteiger partial charge in [0.1, 0.15) is 11.9 Å². The highest BCUT2D eigenvalue weighted by atomic mass is 16.5. The number of hydrogen-bond donors (Lipinski definition) is 0. The Morgan fingerprint density at radius 3 is 2.00 bits per heavy atom. The fraction of sp³-hybridized carbons (Fsp3) is 0.455. The van der Waals surface area contributed by atoms with Crippen molar-refractivity contribution in [1.82, 2.24) is 0 Å². The van der Waals surface area contributed by atoms with Gasteiger partial charge in [-0.05, 0) is 38.5 Å². The van der Waals surface area contributed by atoms with E-state index in [-0.39, 0.29) is 6.10 Å². The Morgan fingerprint density at radius 2 is 1.62 bits per heavy atom. The molecule has 1 atom stereocenters. The zero-order chi connectivity index (χ0) is 9.84. The Hall–Kier alpha value is -1.02. The predicted molar refractivity (Wildman–Crippen MR) is 51.3 cm³/mol. The molecule has 1 radical (unpaired) electrons. The smallest absolute Gasteiger partial charge is 0.119 e. The van der Waals surface area contributed by atoms with E-state index in [4.69, 9.17) is 4.74 Å². The first kappa shape index (κ1) is 10.1. The van der Waals surface area contributed by atoms with Crippen LogP contribution in [-0.2, 0) is 5.11 Å². The van der Waals surface area contributed by atoms with E-state index in [2.05, 4.69) is 0 Å². The second kappa shape index (κ2) is 4.28. The molecule has 0 aliphatic rings. The topological polar surface area (TPSA) is 29.1 Å². The summed E-state index contributed by atoms with van der Waals surface area (Å²) in [7, 11) is 0. The van der Waals surface area contributed by atoms with Crippen molar-refractivity contribution in [2.75, 3.05) is 0 Å². The van der Waals surface area contributed by atoms with Crippen LogP contribution >= 0.6 is 0 Å². The van der Waals surface area contributed by atoms with Crippen LogP contribution in [0.1, 0.15) is 32.4 Å². The van der Waals surface area contributed by atoms with E-state index in [1.807, 2.05) is 38.1 Å². The van der Waals surface area contributed by atoms with Gasteiger partial charge >= 0.3 is 0 Å². The van der Waals surface area contributed by atoms with Gasteiger partial charge in [0.2, 0.25) is 0 Å². The van der Waals surface area contributed by atoms with Crippen molar-refractivity contribution in [2.45, 2.75) is 33.0 Å². The van der Waals surface area contributed by atoms with E-state index in [1.54, 1.807) is 6.92 Å². The molecule has 0 N–H and O–H groups in total. The second-order valence-electron chi connectivity index (χ2n) is 3.38. The monoisotopic (exact) mass is 179 g/mol. The van der Waals surface area contributed by atoms with Crippen molar-refractivity contribution >= 4 is 0 Å². The summed E-state index contributed by atoms with van der Waals surface area (Å²) in [6, 6.07) is 7.30. The molecule has 2 nitrogen and oxygen atoms in total. The van der Waals surface area contributed by atoms with Crippen LogP contribution in [0.5, 0.6) is 5.75 Å². The minimum atomic E-state index is -0.659. The molecule has 0 saturated heterocycles. The zero-order valence-electron chi connectivity index (χ0n) is 8.28. The molecule has 2 heteroatoms. The fourth-order valence-corrected chi connectivity index (χ4v) is 1.09. The van der Waals surface area contributed by atoms with E-state index >= 15 is 0 Å². The Labute approximate surface area is 79.2 Å². The molecule has 1 unspecified atom stereocenters. The number of hydrogen-bond acceptors (Lipinski definition) is 1.